The van der Waals surface area contributed by atoms with Crippen LogP contribution < -0.4 is 5.32 Å². The Bertz CT molecular complexity index is 841. The molecule has 9 heteroatoms. The second kappa shape index (κ2) is 6.47. The molecule has 1 atom stereocenters. The van der Waals surface area contributed by atoms with Crippen molar-refractivity contribution < 1.29 is 23.1 Å². The molecule has 8 nitrogen and oxygen atoms in total. The van der Waals surface area contributed by atoms with E-state index in [1.807, 2.05) is 4.90 Å². The number of carbonyl (C=O) groups is 2. The molecule has 2 aliphatic rings. The van der Waals surface area contributed by atoms with Crippen LogP contribution in [-0.2, 0) is 19.6 Å². The average Bonchev–Trinajstić information content (AvgIpc) is 2.87. The molecular weight excluding hydrogens is 346 g/mol. The molecule has 1 amide bonds. The first-order valence-electron chi connectivity index (χ1n) is 8.02. The van der Waals surface area contributed by atoms with Crippen molar-refractivity contribution in [3.8, 4) is 0 Å². The first-order valence-corrected chi connectivity index (χ1v) is 9.46. The van der Waals surface area contributed by atoms with Gasteiger partial charge in [-0.25, -0.2) is 0 Å². The highest BCUT2D eigenvalue weighted by molar-refractivity contribution is 7.90. The Morgan fingerprint density at radius 1 is 1.28 bits per heavy atom. The van der Waals surface area contributed by atoms with Crippen molar-refractivity contribution in [2.45, 2.75) is 30.7 Å². The maximum atomic E-state index is 12.1. The predicted molar refractivity (Wildman–Crippen MR) is 89.7 cm³/mol. The molecule has 1 unspecified atom stereocenters. The van der Waals surface area contributed by atoms with Crippen molar-refractivity contribution in [2.24, 2.45) is 10.3 Å². The van der Waals surface area contributed by atoms with Crippen LogP contribution in [0.2, 0.25) is 0 Å². The molecule has 134 valence electrons. The van der Waals surface area contributed by atoms with Gasteiger partial charge in [-0.1, -0.05) is 12.1 Å². The molecule has 0 aromatic heterocycles. The number of nitrogens with one attached hydrogen (secondary N) is 1. The van der Waals surface area contributed by atoms with Crippen molar-refractivity contribution >= 4 is 27.7 Å². The highest BCUT2D eigenvalue weighted by Crippen LogP contribution is 2.29. The lowest BCUT2D eigenvalue weighted by Crippen LogP contribution is -2.46. The number of likely N-dealkylation sites (tertiary alicyclic amines) is 1. The number of piperidine rings is 1. The third kappa shape index (κ3) is 3.37. The molecule has 3 rings (SSSR count). The number of amidine groups is 1. The maximum absolute atomic E-state index is 12.1. The molecule has 2 heterocycles. The maximum Gasteiger partial charge on any atom is 0.325 e. The van der Waals surface area contributed by atoms with Gasteiger partial charge in [0.05, 0.1) is 0 Å². The minimum Gasteiger partial charge on any atom is -0.480 e. The molecule has 1 saturated heterocycles. The summed E-state index contributed by atoms with van der Waals surface area (Å²) in [7, 11) is -3.66. The molecule has 0 radical (unpaired) electrons. The van der Waals surface area contributed by atoms with Gasteiger partial charge >= 0.3 is 5.97 Å². The minimum absolute atomic E-state index is 0.208. The summed E-state index contributed by atoms with van der Waals surface area (Å²) in [5, 5.41) is 11.3. The number of aliphatic carboxylic acids is 1. The fourth-order valence-corrected chi connectivity index (χ4v) is 4.29. The number of benzene rings is 1. The number of sulfonamides is 1. The Hall–Kier alpha value is -2.42. The van der Waals surface area contributed by atoms with Crippen LogP contribution >= 0.6 is 0 Å². The van der Waals surface area contributed by atoms with E-state index < -0.39 is 22.0 Å². The van der Waals surface area contributed by atoms with Gasteiger partial charge in [-0.2, -0.15) is 8.42 Å². The highest BCUT2D eigenvalue weighted by atomic mass is 32.2. The summed E-state index contributed by atoms with van der Waals surface area (Å²) < 4.78 is 28.1. The number of carboxylic acid groups (broad SMARTS) is 1. The van der Waals surface area contributed by atoms with Gasteiger partial charge in [0, 0.05) is 24.6 Å². The van der Waals surface area contributed by atoms with E-state index in [0.29, 0.717) is 37.3 Å². The molecule has 0 aliphatic carbocycles. The van der Waals surface area contributed by atoms with E-state index in [4.69, 9.17) is 5.11 Å². The molecule has 0 spiro atoms. The standard InChI is InChI=1S/C16H19N3O5S/c1-10(16(21)22)17-15(20)11-6-8-19(9-7-11)14-12-4-2-3-5-13(12)25(23,24)18-14/h2-5,10-11H,6-9H2,1H3,(H,17,20)(H,21,22). The summed E-state index contributed by atoms with van der Waals surface area (Å²) in [4.78, 5) is 25.0. The zero-order chi connectivity index (χ0) is 18.2. The molecular formula is C16H19N3O5S. The number of rotatable bonds is 3. The topological polar surface area (TPSA) is 116 Å². The Balaban J connectivity index is 1.68. The predicted octanol–water partition coefficient (Wildman–Crippen LogP) is 0.437. The Kier molecular flexibility index (Phi) is 4.51. The van der Waals surface area contributed by atoms with Gasteiger partial charge in [-0.3, -0.25) is 9.59 Å². The number of carbonyl (C=O) groups excluding carboxylic acids is 1. The fraction of sp³-hybridized carbons (Fsp3) is 0.438. The van der Waals surface area contributed by atoms with Crippen LogP contribution in [0.25, 0.3) is 0 Å². The summed E-state index contributed by atoms with van der Waals surface area (Å²) in [6, 6.07) is 5.76. The lowest BCUT2D eigenvalue weighted by atomic mass is 9.95. The summed E-state index contributed by atoms with van der Waals surface area (Å²) >= 11 is 0. The van der Waals surface area contributed by atoms with Gasteiger partial charge < -0.3 is 15.3 Å². The van der Waals surface area contributed by atoms with E-state index in [1.165, 1.54) is 13.0 Å². The number of nitrogens with zero attached hydrogens (tertiary/aromatic N) is 2. The Morgan fingerprint density at radius 2 is 1.92 bits per heavy atom. The fourth-order valence-electron chi connectivity index (χ4n) is 3.06. The van der Waals surface area contributed by atoms with Crippen molar-refractivity contribution in [1.29, 1.82) is 0 Å². The third-order valence-corrected chi connectivity index (χ3v) is 5.83. The molecule has 1 aromatic rings. The summed E-state index contributed by atoms with van der Waals surface area (Å²) in [5.74, 6) is -1.22. The number of hydrogen-bond donors (Lipinski definition) is 2. The zero-order valence-electron chi connectivity index (χ0n) is 13.7. The summed E-state index contributed by atoms with van der Waals surface area (Å²) in [6.07, 6.45) is 1.03. The smallest absolute Gasteiger partial charge is 0.325 e. The molecule has 0 saturated carbocycles. The van der Waals surface area contributed by atoms with Crippen LogP contribution in [0.15, 0.2) is 33.6 Å². The Morgan fingerprint density at radius 3 is 2.56 bits per heavy atom. The first kappa shape index (κ1) is 17.4. The van der Waals surface area contributed by atoms with E-state index in [0.717, 1.165) is 0 Å². The minimum atomic E-state index is -3.66. The van der Waals surface area contributed by atoms with Gasteiger partial charge in [0.15, 0.2) is 5.84 Å². The zero-order valence-corrected chi connectivity index (χ0v) is 14.5. The Labute approximate surface area is 145 Å². The average molecular weight is 365 g/mol. The number of amides is 1. The lowest BCUT2D eigenvalue weighted by Gasteiger charge is -2.32. The number of hydrogen-bond acceptors (Lipinski definition) is 5. The molecule has 0 bridgehead atoms. The van der Waals surface area contributed by atoms with Gasteiger partial charge in [0.25, 0.3) is 10.0 Å². The summed E-state index contributed by atoms with van der Waals surface area (Å²) in [6.45, 7) is 2.40. The second-order valence-electron chi connectivity index (χ2n) is 6.22. The van der Waals surface area contributed by atoms with Crippen LogP contribution in [-0.4, -0.2) is 55.3 Å². The molecule has 2 N–H and O–H groups in total. The van der Waals surface area contributed by atoms with Crippen LogP contribution in [0.5, 0.6) is 0 Å². The second-order valence-corrected chi connectivity index (χ2v) is 7.79. The van der Waals surface area contributed by atoms with Gasteiger partial charge in [-0.05, 0) is 31.9 Å². The van der Waals surface area contributed by atoms with E-state index in [9.17, 15) is 18.0 Å². The van der Waals surface area contributed by atoms with E-state index >= 15 is 0 Å². The van der Waals surface area contributed by atoms with Crippen LogP contribution in [0.1, 0.15) is 25.3 Å². The van der Waals surface area contributed by atoms with Crippen molar-refractivity contribution in [1.82, 2.24) is 10.2 Å². The molecule has 1 aromatic carbocycles. The normalized spacial score (nSPS) is 20.5. The largest absolute Gasteiger partial charge is 0.480 e. The van der Waals surface area contributed by atoms with Crippen LogP contribution in [0.4, 0.5) is 0 Å². The van der Waals surface area contributed by atoms with Crippen molar-refractivity contribution in [3.63, 3.8) is 0 Å². The van der Waals surface area contributed by atoms with E-state index in [2.05, 4.69) is 9.71 Å². The highest BCUT2D eigenvalue weighted by Gasteiger charge is 2.34. The number of fused-ring (bicyclic) bond motifs is 1. The number of carboxylic acids is 1. The van der Waals surface area contributed by atoms with Gasteiger partial charge in [-0.15, -0.1) is 4.40 Å². The van der Waals surface area contributed by atoms with E-state index in [1.54, 1.807) is 18.2 Å². The molecule has 1 fully saturated rings. The van der Waals surface area contributed by atoms with Crippen LogP contribution in [0, 0.1) is 5.92 Å². The van der Waals surface area contributed by atoms with Crippen molar-refractivity contribution in [2.75, 3.05) is 13.1 Å². The van der Waals surface area contributed by atoms with Gasteiger partial charge in [0.2, 0.25) is 5.91 Å². The van der Waals surface area contributed by atoms with Gasteiger partial charge in [0.1, 0.15) is 10.9 Å². The lowest BCUT2D eigenvalue weighted by molar-refractivity contribution is -0.142. The monoisotopic (exact) mass is 365 g/mol. The quantitative estimate of drug-likeness (QED) is 0.803. The first-order chi connectivity index (χ1) is 11.8. The SMILES string of the molecule is CC(NC(=O)C1CCN(C2=NS(=O)(=O)c3ccccc32)CC1)C(=O)O. The van der Waals surface area contributed by atoms with Crippen LogP contribution in [0.3, 0.4) is 0 Å². The molecule has 2 aliphatic heterocycles. The summed E-state index contributed by atoms with van der Waals surface area (Å²) in [5.41, 5.74) is 0.588. The third-order valence-electron chi connectivity index (χ3n) is 4.51. The van der Waals surface area contributed by atoms with Crippen molar-refractivity contribution in [3.05, 3.63) is 29.8 Å². The molecule has 25 heavy (non-hydrogen) atoms. The van der Waals surface area contributed by atoms with E-state index in [-0.39, 0.29) is 16.7 Å².